The van der Waals surface area contributed by atoms with Crippen molar-refractivity contribution in [1.82, 2.24) is 5.32 Å². The van der Waals surface area contributed by atoms with Crippen LogP contribution in [0.4, 0.5) is 0 Å². The van der Waals surface area contributed by atoms with Crippen molar-refractivity contribution in [2.45, 2.75) is 0 Å². The van der Waals surface area contributed by atoms with Crippen LogP contribution < -0.4 is 11.1 Å². The first-order valence-electron chi connectivity index (χ1n) is 7.51. The summed E-state index contributed by atoms with van der Waals surface area (Å²) in [6.07, 6.45) is 1.60. The Morgan fingerprint density at radius 2 is 1.50 bits per heavy atom. The highest BCUT2D eigenvalue weighted by atomic mass is 16.2. The summed E-state index contributed by atoms with van der Waals surface area (Å²) in [4.78, 5) is 24.0. The Morgan fingerprint density at radius 3 is 2.25 bits per heavy atom. The van der Waals surface area contributed by atoms with Crippen LogP contribution in [0.2, 0.25) is 0 Å². The molecule has 3 rings (SSSR count). The molecule has 3 aromatic carbocycles. The highest BCUT2D eigenvalue weighted by molar-refractivity contribution is 6.06. The third kappa shape index (κ3) is 3.33. The van der Waals surface area contributed by atoms with Gasteiger partial charge in [0, 0.05) is 5.56 Å². The summed E-state index contributed by atoms with van der Waals surface area (Å²) >= 11 is 0. The van der Waals surface area contributed by atoms with Crippen molar-refractivity contribution >= 4 is 28.7 Å². The SMILES string of the molecule is NC(=O)/C(=C\c1cccc2ccccc12)NC(=O)c1ccccc1. The molecule has 0 atom stereocenters. The molecule has 0 unspecified atom stereocenters. The second kappa shape index (κ2) is 6.79. The third-order valence-electron chi connectivity index (χ3n) is 3.67. The van der Waals surface area contributed by atoms with Gasteiger partial charge in [-0.25, -0.2) is 0 Å². The van der Waals surface area contributed by atoms with E-state index in [1.54, 1.807) is 30.3 Å². The van der Waals surface area contributed by atoms with E-state index < -0.39 is 5.91 Å². The third-order valence-corrected chi connectivity index (χ3v) is 3.67. The van der Waals surface area contributed by atoms with Gasteiger partial charge in [-0.05, 0) is 34.5 Å². The van der Waals surface area contributed by atoms with Gasteiger partial charge in [-0.15, -0.1) is 0 Å². The van der Waals surface area contributed by atoms with Crippen LogP contribution in [0.5, 0.6) is 0 Å². The summed E-state index contributed by atoms with van der Waals surface area (Å²) < 4.78 is 0. The number of fused-ring (bicyclic) bond motifs is 1. The normalized spacial score (nSPS) is 11.2. The van der Waals surface area contributed by atoms with Gasteiger partial charge < -0.3 is 11.1 Å². The Labute approximate surface area is 139 Å². The standard InChI is InChI=1S/C20H16N2O2/c21-19(23)18(22-20(24)15-8-2-1-3-9-15)13-16-11-6-10-14-7-4-5-12-17(14)16/h1-13H,(H2,21,23)(H,22,24)/b18-13+. The Hall–Kier alpha value is -3.40. The number of carbonyl (C=O) groups is 2. The van der Waals surface area contributed by atoms with Crippen LogP contribution in [0.1, 0.15) is 15.9 Å². The van der Waals surface area contributed by atoms with Crippen LogP contribution in [-0.2, 0) is 4.79 Å². The zero-order valence-corrected chi connectivity index (χ0v) is 12.9. The van der Waals surface area contributed by atoms with Crippen molar-refractivity contribution in [3.63, 3.8) is 0 Å². The average molecular weight is 316 g/mol. The van der Waals surface area contributed by atoms with Gasteiger partial charge in [0.05, 0.1) is 0 Å². The fourth-order valence-electron chi connectivity index (χ4n) is 2.48. The van der Waals surface area contributed by atoms with Crippen molar-refractivity contribution in [2.75, 3.05) is 0 Å². The van der Waals surface area contributed by atoms with Gasteiger partial charge >= 0.3 is 0 Å². The lowest BCUT2D eigenvalue weighted by Crippen LogP contribution is -2.31. The van der Waals surface area contributed by atoms with E-state index in [2.05, 4.69) is 5.32 Å². The molecule has 0 saturated carbocycles. The summed E-state index contributed by atoms with van der Waals surface area (Å²) in [7, 11) is 0. The molecule has 3 aromatic rings. The Bertz CT molecular complexity index is 925. The van der Waals surface area contributed by atoms with Gasteiger partial charge in [0.2, 0.25) is 0 Å². The van der Waals surface area contributed by atoms with Gasteiger partial charge in [-0.1, -0.05) is 60.7 Å². The maximum absolute atomic E-state index is 12.3. The zero-order valence-electron chi connectivity index (χ0n) is 12.9. The van der Waals surface area contributed by atoms with E-state index in [9.17, 15) is 9.59 Å². The highest BCUT2D eigenvalue weighted by Gasteiger charge is 2.12. The number of primary amides is 1. The Morgan fingerprint density at radius 1 is 0.833 bits per heavy atom. The molecular weight excluding hydrogens is 300 g/mol. The molecule has 0 fully saturated rings. The lowest BCUT2D eigenvalue weighted by Gasteiger charge is -2.08. The molecule has 0 saturated heterocycles. The van der Waals surface area contributed by atoms with E-state index in [4.69, 9.17) is 5.73 Å². The highest BCUT2D eigenvalue weighted by Crippen LogP contribution is 2.20. The number of nitrogens with two attached hydrogens (primary N) is 1. The molecule has 4 heteroatoms. The van der Waals surface area contributed by atoms with Gasteiger partial charge in [-0.3, -0.25) is 9.59 Å². The zero-order chi connectivity index (χ0) is 16.9. The van der Waals surface area contributed by atoms with E-state index in [0.717, 1.165) is 16.3 Å². The summed E-state index contributed by atoms with van der Waals surface area (Å²) in [6.45, 7) is 0. The van der Waals surface area contributed by atoms with Crippen molar-refractivity contribution in [3.8, 4) is 0 Å². The van der Waals surface area contributed by atoms with Crippen molar-refractivity contribution in [3.05, 3.63) is 89.6 Å². The molecule has 2 amide bonds. The van der Waals surface area contributed by atoms with Crippen LogP contribution >= 0.6 is 0 Å². The molecular formula is C20H16N2O2. The van der Waals surface area contributed by atoms with Crippen molar-refractivity contribution < 1.29 is 9.59 Å². The van der Waals surface area contributed by atoms with E-state index in [-0.39, 0.29) is 11.6 Å². The molecule has 0 bridgehead atoms. The molecule has 0 spiro atoms. The molecule has 4 nitrogen and oxygen atoms in total. The summed E-state index contributed by atoms with van der Waals surface area (Å²) in [5.41, 5.74) is 6.76. The second-order valence-corrected chi connectivity index (χ2v) is 5.31. The first-order valence-corrected chi connectivity index (χ1v) is 7.51. The molecule has 0 heterocycles. The van der Waals surface area contributed by atoms with Crippen LogP contribution in [0.3, 0.4) is 0 Å². The largest absolute Gasteiger partial charge is 0.364 e. The van der Waals surface area contributed by atoms with Gasteiger partial charge in [0.25, 0.3) is 11.8 Å². The molecule has 0 aliphatic rings. The number of hydrogen-bond donors (Lipinski definition) is 2. The maximum atomic E-state index is 12.3. The molecule has 0 aromatic heterocycles. The predicted molar refractivity (Wildman–Crippen MR) is 95.0 cm³/mol. The fourth-order valence-corrected chi connectivity index (χ4v) is 2.48. The fraction of sp³-hybridized carbons (Fsp3) is 0. The van der Waals surface area contributed by atoms with Crippen molar-refractivity contribution in [2.24, 2.45) is 5.73 Å². The first kappa shape index (κ1) is 15.5. The van der Waals surface area contributed by atoms with Crippen LogP contribution in [-0.4, -0.2) is 11.8 Å². The van der Waals surface area contributed by atoms with E-state index in [1.807, 2.05) is 48.5 Å². The number of benzene rings is 3. The number of hydrogen-bond acceptors (Lipinski definition) is 2. The molecule has 24 heavy (non-hydrogen) atoms. The van der Waals surface area contributed by atoms with Crippen LogP contribution in [0.15, 0.2) is 78.5 Å². The van der Waals surface area contributed by atoms with Gasteiger partial charge in [0.15, 0.2) is 0 Å². The summed E-state index contributed by atoms with van der Waals surface area (Å²) in [5, 5.41) is 4.62. The molecule has 118 valence electrons. The second-order valence-electron chi connectivity index (χ2n) is 5.31. The quantitative estimate of drug-likeness (QED) is 0.726. The number of carbonyl (C=O) groups excluding carboxylic acids is 2. The average Bonchev–Trinajstić information content (AvgIpc) is 2.62. The minimum Gasteiger partial charge on any atom is -0.364 e. The first-order chi connectivity index (χ1) is 11.6. The number of amides is 2. The van der Waals surface area contributed by atoms with Crippen molar-refractivity contribution in [1.29, 1.82) is 0 Å². The predicted octanol–water partition coefficient (Wildman–Crippen LogP) is 3.10. The number of nitrogens with one attached hydrogen (secondary N) is 1. The lowest BCUT2D eigenvalue weighted by molar-refractivity contribution is -0.114. The molecule has 3 N–H and O–H groups in total. The van der Waals surface area contributed by atoms with Crippen LogP contribution in [0.25, 0.3) is 16.8 Å². The monoisotopic (exact) mass is 316 g/mol. The lowest BCUT2D eigenvalue weighted by atomic mass is 10.0. The smallest absolute Gasteiger partial charge is 0.265 e. The van der Waals surface area contributed by atoms with E-state index in [1.165, 1.54) is 0 Å². The number of rotatable bonds is 4. The molecule has 0 aliphatic carbocycles. The van der Waals surface area contributed by atoms with Crippen LogP contribution in [0, 0.1) is 0 Å². The van der Waals surface area contributed by atoms with Gasteiger partial charge in [0.1, 0.15) is 5.70 Å². The van der Waals surface area contributed by atoms with E-state index in [0.29, 0.717) is 5.56 Å². The summed E-state index contributed by atoms with van der Waals surface area (Å²) in [6, 6.07) is 22.2. The Kier molecular flexibility index (Phi) is 4.38. The topological polar surface area (TPSA) is 72.2 Å². The van der Waals surface area contributed by atoms with E-state index >= 15 is 0 Å². The Balaban J connectivity index is 1.97. The maximum Gasteiger partial charge on any atom is 0.265 e. The molecule has 0 aliphatic heterocycles. The minimum absolute atomic E-state index is 0.0557. The minimum atomic E-state index is -0.688. The summed E-state index contributed by atoms with van der Waals surface area (Å²) in [5.74, 6) is -1.06. The molecule has 0 radical (unpaired) electrons. The van der Waals surface area contributed by atoms with Gasteiger partial charge in [-0.2, -0.15) is 0 Å².